The van der Waals surface area contributed by atoms with E-state index in [1.54, 1.807) is 19.0 Å². The first-order chi connectivity index (χ1) is 16.2. The second-order valence-electron chi connectivity index (χ2n) is 8.78. The number of anilines is 1. The summed E-state index contributed by atoms with van der Waals surface area (Å²) in [5.74, 6) is -0.492. The second kappa shape index (κ2) is 8.43. The summed E-state index contributed by atoms with van der Waals surface area (Å²) in [6.07, 6.45) is 4.30. The molecule has 5 rings (SSSR count). The quantitative estimate of drug-likeness (QED) is 0.583. The standard InChI is InChI=1S/C23H24ClFN6O3/c1-29-11-26-22(28-29)34-23(33)30(2)17-9-7-14-18(17)19(12-4-5-12)31(3)20(14)21(32)27-13-6-8-16(25)15(24)10-13/h6,8,10-12,17H,4-5,7,9H2,1-3H3,(H,27,32). The van der Waals surface area contributed by atoms with Crippen LogP contribution in [0.2, 0.25) is 5.02 Å². The molecule has 1 atom stereocenters. The van der Waals surface area contributed by atoms with Gasteiger partial charge in [0.05, 0.1) is 11.1 Å². The average Bonchev–Trinajstić information content (AvgIpc) is 3.29. The lowest BCUT2D eigenvalue weighted by Gasteiger charge is -2.25. The van der Waals surface area contributed by atoms with Crippen molar-refractivity contribution in [2.24, 2.45) is 14.1 Å². The van der Waals surface area contributed by atoms with Crippen LogP contribution in [-0.2, 0) is 20.5 Å². The molecule has 0 radical (unpaired) electrons. The lowest BCUT2D eigenvalue weighted by atomic mass is 10.0. The van der Waals surface area contributed by atoms with E-state index < -0.39 is 11.9 Å². The van der Waals surface area contributed by atoms with Crippen LogP contribution in [0.3, 0.4) is 0 Å². The van der Waals surface area contributed by atoms with Crippen molar-refractivity contribution < 1.29 is 18.7 Å². The van der Waals surface area contributed by atoms with E-state index in [-0.39, 0.29) is 23.0 Å². The lowest BCUT2D eigenvalue weighted by Crippen LogP contribution is -2.33. The van der Waals surface area contributed by atoms with Crippen LogP contribution in [0, 0.1) is 5.82 Å². The molecule has 0 bridgehead atoms. The predicted molar refractivity (Wildman–Crippen MR) is 123 cm³/mol. The Labute approximate surface area is 200 Å². The van der Waals surface area contributed by atoms with E-state index in [0.717, 1.165) is 29.7 Å². The fourth-order valence-electron chi connectivity index (χ4n) is 4.77. The van der Waals surface area contributed by atoms with Crippen LogP contribution in [0.15, 0.2) is 24.5 Å². The van der Waals surface area contributed by atoms with Gasteiger partial charge in [0.15, 0.2) is 0 Å². The zero-order valence-corrected chi connectivity index (χ0v) is 19.8. The molecule has 2 aliphatic rings. The minimum absolute atomic E-state index is 0.00826. The van der Waals surface area contributed by atoms with Gasteiger partial charge in [0.1, 0.15) is 17.8 Å². The van der Waals surface area contributed by atoms with E-state index in [2.05, 4.69) is 15.4 Å². The molecule has 2 aromatic heterocycles. The van der Waals surface area contributed by atoms with Gasteiger partial charge in [-0.1, -0.05) is 11.6 Å². The molecular formula is C23H24ClFN6O3. The minimum Gasteiger partial charge on any atom is -0.373 e. The van der Waals surface area contributed by atoms with Gasteiger partial charge >= 0.3 is 12.1 Å². The Bertz CT molecular complexity index is 1300. The number of aryl methyl sites for hydroxylation is 1. The molecule has 0 saturated heterocycles. The number of amides is 2. The summed E-state index contributed by atoms with van der Waals surface area (Å²) in [7, 11) is 5.26. The van der Waals surface area contributed by atoms with Gasteiger partial charge in [-0.05, 0) is 60.9 Å². The fraction of sp³-hybridized carbons (Fsp3) is 0.391. The molecule has 2 heterocycles. The molecule has 11 heteroatoms. The highest BCUT2D eigenvalue weighted by atomic mass is 35.5. The van der Waals surface area contributed by atoms with Crippen LogP contribution in [0.4, 0.5) is 14.9 Å². The Morgan fingerprint density at radius 3 is 2.68 bits per heavy atom. The number of hydrogen-bond acceptors (Lipinski definition) is 5. The molecular weight excluding hydrogens is 463 g/mol. The van der Waals surface area contributed by atoms with E-state index in [0.29, 0.717) is 30.1 Å². The maximum absolute atomic E-state index is 13.5. The number of rotatable bonds is 5. The first-order valence-corrected chi connectivity index (χ1v) is 11.4. The first-order valence-electron chi connectivity index (χ1n) is 11.0. The van der Waals surface area contributed by atoms with E-state index in [1.807, 2.05) is 11.6 Å². The number of ether oxygens (including phenoxy) is 1. The largest absolute Gasteiger partial charge is 0.417 e. The van der Waals surface area contributed by atoms with Crippen molar-refractivity contribution in [3.8, 4) is 6.01 Å². The lowest BCUT2D eigenvalue weighted by molar-refractivity contribution is 0.101. The van der Waals surface area contributed by atoms with Gasteiger partial charge in [0, 0.05) is 32.5 Å². The van der Waals surface area contributed by atoms with Crippen LogP contribution in [0.5, 0.6) is 6.01 Å². The molecule has 1 aromatic carbocycles. The summed E-state index contributed by atoms with van der Waals surface area (Å²) in [5.41, 5.74) is 3.98. The Morgan fingerprint density at radius 1 is 1.26 bits per heavy atom. The number of carbonyl (C=O) groups is 2. The van der Waals surface area contributed by atoms with Gasteiger partial charge in [0.2, 0.25) is 0 Å². The van der Waals surface area contributed by atoms with E-state index >= 15 is 0 Å². The minimum atomic E-state index is -0.554. The highest BCUT2D eigenvalue weighted by Crippen LogP contribution is 2.50. The summed E-state index contributed by atoms with van der Waals surface area (Å²) in [6, 6.07) is 3.84. The number of hydrogen-bond donors (Lipinski definition) is 1. The summed E-state index contributed by atoms with van der Waals surface area (Å²) >= 11 is 5.87. The van der Waals surface area contributed by atoms with Gasteiger partial charge in [0.25, 0.3) is 5.91 Å². The molecule has 1 fully saturated rings. The Hall–Kier alpha value is -3.40. The van der Waals surface area contributed by atoms with E-state index in [4.69, 9.17) is 16.3 Å². The van der Waals surface area contributed by atoms with Gasteiger partial charge in [-0.2, -0.15) is 4.98 Å². The second-order valence-corrected chi connectivity index (χ2v) is 9.18. The van der Waals surface area contributed by atoms with Crippen LogP contribution < -0.4 is 10.1 Å². The molecule has 9 nitrogen and oxygen atoms in total. The fourth-order valence-corrected chi connectivity index (χ4v) is 4.95. The summed E-state index contributed by atoms with van der Waals surface area (Å²) in [6.45, 7) is 0. The summed E-state index contributed by atoms with van der Waals surface area (Å²) in [4.78, 5) is 31.6. The Morgan fingerprint density at radius 2 is 2.03 bits per heavy atom. The third kappa shape index (κ3) is 3.91. The predicted octanol–water partition coefficient (Wildman–Crippen LogP) is 4.19. The molecule has 1 N–H and O–H groups in total. The highest BCUT2D eigenvalue weighted by molar-refractivity contribution is 6.31. The van der Waals surface area contributed by atoms with Crippen LogP contribution >= 0.6 is 11.6 Å². The molecule has 34 heavy (non-hydrogen) atoms. The van der Waals surface area contributed by atoms with Crippen molar-refractivity contribution in [2.75, 3.05) is 12.4 Å². The van der Waals surface area contributed by atoms with Crippen LogP contribution in [0.1, 0.15) is 58.5 Å². The number of nitrogens with one attached hydrogen (secondary N) is 1. The normalized spacial score (nSPS) is 16.9. The molecule has 2 aliphatic carbocycles. The maximum Gasteiger partial charge on any atom is 0.417 e. The molecule has 178 valence electrons. The number of benzene rings is 1. The zero-order chi connectivity index (χ0) is 24.1. The van der Waals surface area contributed by atoms with Crippen molar-refractivity contribution in [2.45, 2.75) is 37.6 Å². The van der Waals surface area contributed by atoms with Crippen molar-refractivity contribution in [3.05, 3.63) is 57.9 Å². The van der Waals surface area contributed by atoms with E-state index in [1.165, 1.54) is 29.2 Å². The number of fused-ring (bicyclic) bond motifs is 1. The van der Waals surface area contributed by atoms with Gasteiger partial charge in [-0.15, -0.1) is 5.10 Å². The summed E-state index contributed by atoms with van der Waals surface area (Å²) < 4.78 is 22.3. The zero-order valence-electron chi connectivity index (χ0n) is 19.0. The summed E-state index contributed by atoms with van der Waals surface area (Å²) in [5, 5.41) is 6.78. The topological polar surface area (TPSA) is 94.3 Å². The number of carbonyl (C=O) groups excluding carboxylic acids is 2. The Kier molecular flexibility index (Phi) is 5.55. The molecule has 3 aromatic rings. The average molecular weight is 487 g/mol. The number of halogens is 2. The van der Waals surface area contributed by atoms with Crippen LogP contribution in [-0.4, -0.2) is 43.3 Å². The van der Waals surface area contributed by atoms with Crippen molar-refractivity contribution in [1.29, 1.82) is 0 Å². The third-order valence-corrected chi connectivity index (χ3v) is 6.74. The first kappa shape index (κ1) is 22.4. The Balaban J connectivity index is 1.44. The van der Waals surface area contributed by atoms with Crippen molar-refractivity contribution >= 4 is 29.3 Å². The van der Waals surface area contributed by atoms with Gasteiger partial charge in [-0.3, -0.25) is 9.48 Å². The van der Waals surface area contributed by atoms with Crippen molar-refractivity contribution in [1.82, 2.24) is 24.2 Å². The van der Waals surface area contributed by atoms with Crippen molar-refractivity contribution in [3.63, 3.8) is 0 Å². The molecule has 1 saturated carbocycles. The van der Waals surface area contributed by atoms with Gasteiger partial charge in [-0.25, -0.2) is 9.18 Å². The van der Waals surface area contributed by atoms with E-state index in [9.17, 15) is 14.0 Å². The number of nitrogens with zero attached hydrogens (tertiary/aromatic N) is 5. The molecule has 1 unspecified atom stereocenters. The number of aromatic nitrogens is 4. The monoisotopic (exact) mass is 486 g/mol. The SMILES string of the molecule is CN(C(=O)Oc1ncn(C)n1)C1CCc2c1c(C1CC1)n(C)c2C(=O)Nc1ccc(F)c(Cl)c1. The highest BCUT2D eigenvalue weighted by Gasteiger charge is 2.42. The molecule has 0 spiro atoms. The smallest absolute Gasteiger partial charge is 0.373 e. The third-order valence-electron chi connectivity index (χ3n) is 6.45. The van der Waals surface area contributed by atoms with Crippen LogP contribution in [0.25, 0.3) is 0 Å². The molecule has 2 amide bonds. The van der Waals surface area contributed by atoms with Gasteiger partial charge < -0.3 is 19.5 Å². The molecule has 0 aliphatic heterocycles. The maximum atomic E-state index is 13.5.